The molecule has 2 aliphatic rings. The Balaban J connectivity index is 1.71. The van der Waals surface area contributed by atoms with Gasteiger partial charge in [0, 0.05) is 24.2 Å². The van der Waals surface area contributed by atoms with Gasteiger partial charge >= 0.3 is 5.97 Å². The van der Waals surface area contributed by atoms with Crippen LogP contribution in [0.2, 0.25) is 0 Å². The summed E-state index contributed by atoms with van der Waals surface area (Å²) in [7, 11) is 0. The maximum absolute atomic E-state index is 13.7. The van der Waals surface area contributed by atoms with Crippen LogP contribution in [0.3, 0.4) is 0 Å². The van der Waals surface area contributed by atoms with E-state index >= 15 is 0 Å². The molecule has 4 nitrogen and oxygen atoms in total. The van der Waals surface area contributed by atoms with Crippen molar-refractivity contribution in [3.8, 4) is 0 Å². The maximum atomic E-state index is 13.7. The Morgan fingerprint density at radius 2 is 1.79 bits per heavy atom. The van der Waals surface area contributed by atoms with E-state index in [0.717, 1.165) is 25.9 Å². The van der Waals surface area contributed by atoms with Crippen LogP contribution in [0.15, 0.2) is 29.8 Å². The Labute approximate surface area is 141 Å². The molecule has 0 bridgehead atoms. The molecule has 0 aromatic heterocycles. The van der Waals surface area contributed by atoms with E-state index in [1.165, 1.54) is 31.1 Å². The molecule has 1 heterocycles. The Morgan fingerprint density at radius 3 is 2.38 bits per heavy atom. The topological polar surface area (TPSA) is 57.6 Å². The summed E-state index contributed by atoms with van der Waals surface area (Å²) in [6.07, 6.45) is 5.83. The number of benzene rings is 1. The Morgan fingerprint density at radius 1 is 1.17 bits per heavy atom. The minimum Gasteiger partial charge on any atom is -0.478 e. The van der Waals surface area contributed by atoms with Crippen molar-refractivity contribution in [1.82, 2.24) is 4.90 Å². The maximum Gasteiger partial charge on any atom is 0.332 e. The van der Waals surface area contributed by atoms with Crippen LogP contribution in [-0.2, 0) is 9.59 Å². The third kappa shape index (κ3) is 3.66. The third-order valence-electron chi connectivity index (χ3n) is 5.18. The van der Waals surface area contributed by atoms with E-state index in [1.54, 1.807) is 17.0 Å². The lowest BCUT2D eigenvalue weighted by Crippen LogP contribution is -2.29. The number of halogens is 1. The molecule has 1 aromatic rings. The molecule has 24 heavy (non-hydrogen) atoms. The number of aliphatic carboxylic acids is 1. The number of hydrogen-bond donors (Lipinski definition) is 1. The Kier molecular flexibility index (Phi) is 4.97. The third-order valence-corrected chi connectivity index (χ3v) is 5.18. The Hall–Kier alpha value is -2.17. The summed E-state index contributed by atoms with van der Waals surface area (Å²) in [5, 5.41) is 9.36. The number of carbonyl (C=O) groups excluding carboxylic acids is 1. The molecule has 1 aromatic carbocycles. The van der Waals surface area contributed by atoms with Crippen molar-refractivity contribution >= 4 is 18.0 Å². The number of hydrogen-bond acceptors (Lipinski definition) is 2. The number of carboxylic acids is 1. The van der Waals surface area contributed by atoms with Gasteiger partial charge in [-0.05, 0) is 36.8 Å². The van der Waals surface area contributed by atoms with Crippen LogP contribution < -0.4 is 0 Å². The van der Waals surface area contributed by atoms with E-state index < -0.39 is 11.8 Å². The molecule has 1 amide bonds. The monoisotopic (exact) mass is 331 g/mol. The fourth-order valence-electron chi connectivity index (χ4n) is 3.85. The number of nitrogens with zero attached hydrogens (tertiary/aromatic N) is 1. The lowest BCUT2D eigenvalue weighted by atomic mass is 9.82. The van der Waals surface area contributed by atoms with Crippen LogP contribution in [0.4, 0.5) is 4.39 Å². The van der Waals surface area contributed by atoms with Gasteiger partial charge in [-0.3, -0.25) is 4.79 Å². The van der Waals surface area contributed by atoms with Crippen LogP contribution in [0.1, 0.15) is 37.7 Å². The molecule has 1 saturated carbocycles. The van der Waals surface area contributed by atoms with Gasteiger partial charge in [-0.1, -0.05) is 31.0 Å². The first-order valence-corrected chi connectivity index (χ1v) is 8.51. The van der Waals surface area contributed by atoms with Gasteiger partial charge in [0.2, 0.25) is 5.91 Å². The van der Waals surface area contributed by atoms with Crippen molar-refractivity contribution in [3.63, 3.8) is 0 Å². The van der Waals surface area contributed by atoms with Crippen LogP contribution >= 0.6 is 0 Å². The average Bonchev–Trinajstić information content (AvgIpc) is 3.00. The SMILES string of the molecule is O=C(O)/C(=C/c1ccccc1F)CC(=O)N1CC2CCCCC2C1. The summed E-state index contributed by atoms with van der Waals surface area (Å²) in [5.74, 6) is -0.716. The summed E-state index contributed by atoms with van der Waals surface area (Å²) >= 11 is 0. The van der Waals surface area contributed by atoms with Gasteiger partial charge in [0.25, 0.3) is 0 Å². The fraction of sp³-hybridized carbons (Fsp3) is 0.474. The molecule has 1 N–H and O–H groups in total. The number of carbonyl (C=O) groups is 2. The van der Waals surface area contributed by atoms with Crippen molar-refractivity contribution < 1.29 is 19.1 Å². The van der Waals surface area contributed by atoms with Gasteiger partial charge in [-0.2, -0.15) is 0 Å². The fourth-order valence-corrected chi connectivity index (χ4v) is 3.85. The second-order valence-corrected chi connectivity index (χ2v) is 6.78. The highest BCUT2D eigenvalue weighted by molar-refractivity contribution is 5.98. The van der Waals surface area contributed by atoms with E-state index in [9.17, 15) is 19.1 Å². The minimum absolute atomic E-state index is 0.0695. The zero-order chi connectivity index (χ0) is 17.1. The van der Waals surface area contributed by atoms with Crippen molar-refractivity contribution in [2.75, 3.05) is 13.1 Å². The molecular formula is C19H22FNO3. The highest BCUT2D eigenvalue weighted by Gasteiger charge is 2.36. The Bertz CT molecular complexity index is 656. The first-order chi connectivity index (χ1) is 11.5. The normalized spacial score (nSPS) is 23.9. The van der Waals surface area contributed by atoms with E-state index in [2.05, 4.69) is 0 Å². The summed E-state index contributed by atoms with van der Waals surface area (Å²) < 4.78 is 13.7. The summed E-state index contributed by atoms with van der Waals surface area (Å²) in [4.78, 5) is 25.8. The van der Waals surface area contributed by atoms with Gasteiger partial charge in [-0.25, -0.2) is 9.18 Å². The summed E-state index contributed by atoms with van der Waals surface area (Å²) in [5.41, 5.74) is 0.123. The van der Waals surface area contributed by atoms with Gasteiger partial charge in [-0.15, -0.1) is 0 Å². The molecule has 1 saturated heterocycles. The standard InChI is InChI=1S/C19H22FNO3/c20-17-8-4-3-5-13(17)9-16(19(23)24)10-18(22)21-11-14-6-1-2-7-15(14)12-21/h3-5,8-9,14-15H,1-2,6-7,10-12H2,(H,23,24)/b16-9+. The average molecular weight is 331 g/mol. The largest absolute Gasteiger partial charge is 0.478 e. The lowest BCUT2D eigenvalue weighted by molar-refractivity contribution is -0.136. The van der Waals surface area contributed by atoms with Gasteiger partial charge in [0.05, 0.1) is 6.42 Å². The van der Waals surface area contributed by atoms with Crippen molar-refractivity contribution in [2.45, 2.75) is 32.1 Å². The summed E-state index contributed by atoms with van der Waals surface area (Å²) in [6.45, 7) is 1.46. The smallest absolute Gasteiger partial charge is 0.332 e. The predicted molar refractivity (Wildman–Crippen MR) is 88.7 cm³/mol. The van der Waals surface area contributed by atoms with E-state index in [1.807, 2.05) is 0 Å². The molecule has 1 aliphatic carbocycles. The molecule has 2 unspecified atom stereocenters. The van der Waals surface area contributed by atoms with Gasteiger partial charge in [0.15, 0.2) is 0 Å². The summed E-state index contributed by atoms with van der Waals surface area (Å²) in [6, 6.07) is 5.97. The minimum atomic E-state index is -1.18. The molecule has 1 aliphatic heterocycles. The highest BCUT2D eigenvalue weighted by Crippen LogP contribution is 2.36. The zero-order valence-corrected chi connectivity index (χ0v) is 13.6. The van der Waals surface area contributed by atoms with Gasteiger partial charge in [0.1, 0.15) is 5.82 Å². The van der Waals surface area contributed by atoms with Crippen LogP contribution in [0.25, 0.3) is 6.08 Å². The van der Waals surface area contributed by atoms with Crippen LogP contribution in [0, 0.1) is 17.7 Å². The molecule has 2 fully saturated rings. The second kappa shape index (κ2) is 7.16. The van der Waals surface area contributed by atoms with Crippen LogP contribution in [0.5, 0.6) is 0 Å². The van der Waals surface area contributed by atoms with E-state index in [-0.39, 0.29) is 23.5 Å². The molecule has 3 rings (SSSR count). The molecule has 5 heteroatoms. The second-order valence-electron chi connectivity index (χ2n) is 6.78. The lowest BCUT2D eigenvalue weighted by Gasteiger charge is -2.22. The first-order valence-electron chi connectivity index (χ1n) is 8.51. The molecule has 0 spiro atoms. The zero-order valence-electron chi connectivity index (χ0n) is 13.6. The molecular weight excluding hydrogens is 309 g/mol. The predicted octanol–water partition coefficient (Wildman–Crippen LogP) is 3.33. The van der Waals surface area contributed by atoms with E-state index in [4.69, 9.17) is 0 Å². The molecule has 128 valence electrons. The number of carboxylic acid groups (broad SMARTS) is 1. The van der Waals surface area contributed by atoms with Crippen molar-refractivity contribution in [3.05, 3.63) is 41.2 Å². The molecule has 0 radical (unpaired) electrons. The van der Waals surface area contributed by atoms with Crippen molar-refractivity contribution in [2.24, 2.45) is 11.8 Å². The van der Waals surface area contributed by atoms with Crippen molar-refractivity contribution in [1.29, 1.82) is 0 Å². The quantitative estimate of drug-likeness (QED) is 0.861. The molecule has 2 atom stereocenters. The number of likely N-dealkylation sites (tertiary alicyclic amines) is 1. The number of amides is 1. The van der Waals surface area contributed by atoms with Crippen LogP contribution in [-0.4, -0.2) is 35.0 Å². The number of rotatable bonds is 4. The van der Waals surface area contributed by atoms with Gasteiger partial charge < -0.3 is 10.0 Å². The number of fused-ring (bicyclic) bond motifs is 1. The van der Waals surface area contributed by atoms with E-state index in [0.29, 0.717) is 11.8 Å². The first kappa shape index (κ1) is 16.7. The highest BCUT2D eigenvalue weighted by atomic mass is 19.1.